The SMILES string of the molecule is C[C@@H](CN)ON=C(C(=O)NC1C(=O)N2C(C(=O)O)=C(CSc3nncs3)CS[C@@H]12)c1csc(N)n1.Cl.Cl. The predicted molar refractivity (Wildman–Crippen MR) is 147 cm³/mol. The summed E-state index contributed by atoms with van der Waals surface area (Å²) in [6.45, 7) is 1.86. The van der Waals surface area contributed by atoms with Crippen LogP contribution < -0.4 is 16.8 Å². The van der Waals surface area contributed by atoms with Crippen LogP contribution in [0.3, 0.4) is 0 Å². The number of fused-ring (bicyclic) bond motifs is 1. The number of anilines is 1. The Morgan fingerprint density at radius 3 is 2.76 bits per heavy atom. The summed E-state index contributed by atoms with van der Waals surface area (Å²) < 4.78 is 0.704. The van der Waals surface area contributed by atoms with E-state index in [1.54, 1.807) is 17.8 Å². The number of nitrogen functional groups attached to an aromatic ring is 1. The van der Waals surface area contributed by atoms with E-state index in [0.29, 0.717) is 21.4 Å². The molecule has 6 N–H and O–H groups in total. The van der Waals surface area contributed by atoms with Crippen LogP contribution in [0.4, 0.5) is 5.13 Å². The number of aliphatic carboxylic acids is 1. The summed E-state index contributed by atoms with van der Waals surface area (Å²) in [5.41, 5.74) is 13.4. The number of aromatic nitrogens is 3. The van der Waals surface area contributed by atoms with Crippen molar-refractivity contribution in [1.82, 2.24) is 25.4 Å². The van der Waals surface area contributed by atoms with Gasteiger partial charge in [-0.2, -0.15) is 0 Å². The van der Waals surface area contributed by atoms with Crippen molar-refractivity contribution in [3.63, 3.8) is 0 Å². The number of carbonyl (C=O) groups is 3. The Balaban J connectivity index is 0.00000241. The highest BCUT2D eigenvalue weighted by Crippen LogP contribution is 2.41. The molecule has 2 aromatic rings. The first kappa shape index (κ1) is 31.1. The third-order valence-electron chi connectivity index (χ3n) is 4.88. The lowest BCUT2D eigenvalue weighted by molar-refractivity contribution is -0.150. The number of hydrogen-bond donors (Lipinski definition) is 4. The highest BCUT2D eigenvalue weighted by Gasteiger charge is 2.54. The molecule has 2 aliphatic heterocycles. The van der Waals surface area contributed by atoms with Gasteiger partial charge in [0, 0.05) is 23.4 Å². The van der Waals surface area contributed by atoms with E-state index < -0.39 is 35.3 Å². The molecule has 202 valence electrons. The number of carboxylic acid groups (broad SMARTS) is 1. The number of hydrogen-bond acceptors (Lipinski definition) is 14. The van der Waals surface area contributed by atoms with Gasteiger partial charge in [-0.25, -0.2) is 9.78 Å². The van der Waals surface area contributed by atoms with Gasteiger partial charge in [0.05, 0.1) is 0 Å². The molecule has 19 heteroatoms. The van der Waals surface area contributed by atoms with Gasteiger partial charge in [0.25, 0.3) is 11.8 Å². The zero-order chi connectivity index (χ0) is 25.1. The van der Waals surface area contributed by atoms with Gasteiger partial charge in [-0.3, -0.25) is 14.5 Å². The molecule has 37 heavy (non-hydrogen) atoms. The summed E-state index contributed by atoms with van der Waals surface area (Å²) in [5, 5.41) is 25.2. The van der Waals surface area contributed by atoms with Crippen molar-refractivity contribution in [2.24, 2.45) is 10.9 Å². The summed E-state index contributed by atoms with van der Waals surface area (Å²) in [5.74, 6) is -1.69. The second-order valence-electron chi connectivity index (χ2n) is 7.27. The largest absolute Gasteiger partial charge is 0.477 e. The number of rotatable bonds is 10. The van der Waals surface area contributed by atoms with Crippen molar-refractivity contribution < 1.29 is 24.3 Å². The summed E-state index contributed by atoms with van der Waals surface area (Å²) in [6.07, 6.45) is -0.455. The van der Waals surface area contributed by atoms with E-state index >= 15 is 0 Å². The number of halogens is 2. The van der Waals surface area contributed by atoms with Gasteiger partial charge in [-0.15, -0.1) is 58.1 Å². The molecule has 3 atom stereocenters. The fourth-order valence-corrected chi connectivity index (χ4v) is 6.69. The lowest BCUT2D eigenvalue weighted by atomic mass is 10.0. The van der Waals surface area contributed by atoms with E-state index in [-0.39, 0.29) is 53.6 Å². The van der Waals surface area contributed by atoms with Crippen LogP contribution >= 0.6 is 71.0 Å². The molecule has 4 heterocycles. The van der Waals surface area contributed by atoms with Crippen LogP contribution in [-0.2, 0) is 19.2 Å². The van der Waals surface area contributed by atoms with Gasteiger partial charge in [0.15, 0.2) is 15.2 Å². The molecule has 2 amide bonds. The number of nitrogens with zero attached hydrogens (tertiary/aromatic N) is 5. The molecule has 0 spiro atoms. The van der Waals surface area contributed by atoms with E-state index in [1.165, 1.54) is 39.8 Å². The Morgan fingerprint density at radius 2 is 2.16 bits per heavy atom. The Hall–Kier alpha value is -2.15. The number of thiazole rings is 1. The zero-order valence-corrected chi connectivity index (χ0v) is 23.8. The van der Waals surface area contributed by atoms with Crippen molar-refractivity contribution >= 4 is 99.6 Å². The topological polar surface area (TPSA) is 199 Å². The Bertz CT molecular complexity index is 1190. The Morgan fingerprint density at radius 1 is 1.41 bits per heavy atom. The van der Waals surface area contributed by atoms with Gasteiger partial charge in [-0.05, 0) is 12.5 Å². The minimum Gasteiger partial charge on any atom is -0.477 e. The number of amides is 2. The fraction of sp³-hybridized carbons (Fsp3) is 0.389. The number of β-lactam (4-membered cyclic amide) rings is 1. The molecule has 13 nitrogen and oxygen atoms in total. The van der Waals surface area contributed by atoms with E-state index in [0.717, 1.165) is 11.3 Å². The van der Waals surface area contributed by atoms with Crippen molar-refractivity contribution in [2.45, 2.75) is 28.8 Å². The first-order valence-electron chi connectivity index (χ1n) is 10.0. The lowest BCUT2D eigenvalue weighted by Gasteiger charge is -2.49. The van der Waals surface area contributed by atoms with E-state index in [4.69, 9.17) is 16.3 Å². The molecule has 1 saturated heterocycles. The van der Waals surface area contributed by atoms with Crippen LogP contribution in [0, 0.1) is 0 Å². The number of carboxylic acids is 1. The molecule has 1 fully saturated rings. The summed E-state index contributed by atoms with van der Waals surface area (Å²) in [4.78, 5) is 48.5. The molecule has 0 bridgehead atoms. The van der Waals surface area contributed by atoms with Crippen LogP contribution in [0.2, 0.25) is 0 Å². The standard InChI is InChI=1S/C18H20N8O5S4.2ClH/c1-7(2-19)31-25-10(9-5-33-17(20)22-9)13(27)23-11-14(28)26-12(16(29)30)8(3-32-15(11)26)4-34-18-24-21-6-35-18;;/h5-7,11,15H,2-4,19H2,1H3,(H2,20,22)(H,23,27)(H,29,30);2*1H/t7-,11?,15-;;/m0../s1. The van der Waals surface area contributed by atoms with Gasteiger partial charge in [-0.1, -0.05) is 28.3 Å². The first-order valence-corrected chi connectivity index (χ1v) is 13.8. The van der Waals surface area contributed by atoms with Crippen LogP contribution in [0.1, 0.15) is 12.6 Å². The minimum absolute atomic E-state index is 0. The zero-order valence-electron chi connectivity index (χ0n) is 18.9. The summed E-state index contributed by atoms with van der Waals surface area (Å²) in [6, 6.07) is -0.938. The van der Waals surface area contributed by atoms with E-state index in [1.807, 2.05) is 0 Å². The number of nitrogens with one attached hydrogen (secondary N) is 1. The monoisotopic (exact) mass is 628 g/mol. The van der Waals surface area contributed by atoms with Crippen LogP contribution in [-0.4, -0.2) is 84.3 Å². The molecule has 2 aromatic heterocycles. The Kier molecular flexibility index (Phi) is 11.4. The van der Waals surface area contributed by atoms with Gasteiger partial charge >= 0.3 is 5.97 Å². The molecular formula is C18H22Cl2N8O5S4. The number of thioether (sulfide) groups is 2. The molecule has 0 aliphatic carbocycles. The lowest BCUT2D eigenvalue weighted by Crippen LogP contribution is -2.71. The number of carbonyl (C=O) groups excluding carboxylic acids is 2. The third kappa shape index (κ3) is 6.84. The molecule has 0 radical (unpaired) electrons. The van der Waals surface area contributed by atoms with Crippen molar-refractivity contribution in [2.75, 3.05) is 23.8 Å². The highest BCUT2D eigenvalue weighted by molar-refractivity contribution is 8.01. The second kappa shape index (κ2) is 13.6. The van der Waals surface area contributed by atoms with Gasteiger partial charge in [0.1, 0.15) is 34.4 Å². The molecule has 0 aromatic carbocycles. The van der Waals surface area contributed by atoms with Crippen LogP contribution in [0.15, 0.2) is 31.7 Å². The predicted octanol–water partition coefficient (Wildman–Crippen LogP) is 1.02. The summed E-state index contributed by atoms with van der Waals surface area (Å²) in [7, 11) is 0. The van der Waals surface area contributed by atoms with Crippen LogP contribution in [0.25, 0.3) is 0 Å². The quantitative estimate of drug-likeness (QED) is 0.126. The molecule has 1 unspecified atom stereocenters. The summed E-state index contributed by atoms with van der Waals surface area (Å²) >= 11 is 5.19. The van der Waals surface area contributed by atoms with E-state index in [2.05, 4.69) is 25.7 Å². The molecule has 4 rings (SSSR count). The average Bonchev–Trinajstić information content (AvgIpc) is 3.52. The van der Waals surface area contributed by atoms with Gasteiger partial charge in [0.2, 0.25) is 0 Å². The third-order valence-corrected chi connectivity index (χ3v) is 8.84. The average molecular weight is 630 g/mol. The van der Waals surface area contributed by atoms with Crippen molar-refractivity contribution in [3.8, 4) is 0 Å². The minimum atomic E-state index is -1.20. The maximum absolute atomic E-state index is 13.0. The van der Waals surface area contributed by atoms with E-state index in [9.17, 15) is 19.5 Å². The fourth-order valence-electron chi connectivity index (χ4n) is 3.17. The normalized spacial score (nSPS) is 19.7. The number of nitrogens with two attached hydrogens (primary N) is 2. The first-order chi connectivity index (χ1) is 16.8. The molecule has 0 saturated carbocycles. The smallest absolute Gasteiger partial charge is 0.352 e. The van der Waals surface area contributed by atoms with Crippen molar-refractivity contribution in [3.05, 3.63) is 27.9 Å². The second-order valence-corrected chi connectivity index (χ2v) is 11.3. The molecule has 2 aliphatic rings. The van der Waals surface area contributed by atoms with Crippen LogP contribution in [0.5, 0.6) is 0 Å². The molecular weight excluding hydrogens is 607 g/mol. The van der Waals surface area contributed by atoms with Crippen molar-refractivity contribution in [1.29, 1.82) is 0 Å². The Labute approximate surface area is 239 Å². The number of oxime groups is 1. The maximum atomic E-state index is 13.0. The highest BCUT2D eigenvalue weighted by atomic mass is 35.5. The maximum Gasteiger partial charge on any atom is 0.352 e. The van der Waals surface area contributed by atoms with Gasteiger partial charge < -0.3 is 26.7 Å².